The first-order valence-electron chi connectivity index (χ1n) is 6.44. The molecule has 0 aliphatic carbocycles. The van der Waals surface area contributed by atoms with Gasteiger partial charge in [-0.1, -0.05) is 0 Å². The molecule has 0 fully saturated rings. The summed E-state index contributed by atoms with van der Waals surface area (Å²) in [6.07, 6.45) is 3.72. The molecule has 0 rings (SSSR count). The van der Waals surface area contributed by atoms with Gasteiger partial charge in [0.1, 0.15) is 6.29 Å². The number of rotatable bonds is 7. The van der Waals surface area contributed by atoms with Crippen LogP contribution in [0.15, 0.2) is 0 Å². The molecule has 7 nitrogen and oxygen atoms in total. The van der Waals surface area contributed by atoms with E-state index in [1.165, 1.54) is 14.0 Å². The van der Waals surface area contributed by atoms with E-state index in [4.69, 9.17) is 9.90 Å². The lowest BCUT2D eigenvalue weighted by Gasteiger charge is -2.17. The summed E-state index contributed by atoms with van der Waals surface area (Å²) in [6, 6.07) is 0.00679. The van der Waals surface area contributed by atoms with Gasteiger partial charge in [0.25, 0.3) is 5.97 Å². The predicted molar refractivity (Wildman–Crippen MR) is 79.5 cm³/mol. The molecule has 0 saturated carbocycles. The van der Waals surface area contributed by atoms with Crippen molar-refractivity contribution < 1.29 is 19.5 Å². The van der Waals surface area contributed by atoms with Crippen molar-refractivity contribution in [1.82, 2.24) is 10.2 Å². The smallest absolute Gasteiger partial charge is 0.300 e. The molecule has 20 heavy (non-hydrogen) atoms. The molecule has 0 heterocycles. The average molecular weight is 295 g/mol. The normalized spacial score (nSPS) is 10.3. The number of aldehydes is 1. The number of aliphatic carboxylic acids is 1. The van der Waals surface area contributed by atoms with Gasteiger partial charge in [-0.05, 0) is 40.4 Å². The molecule has 7 heteroatoms. The summed E-state index contributed by atoms with van der Waals surface area (Å²) < 4.78 is 0. The second-order valence-electron chi connectivity index (χ2n) is 4.16. The maximum absolute atomic E-state index is 10.6. The summed E-state index contributed by atoms with van der Waals surface area (Å²) in [5.41, 5.74) is 4.50. The third-order valence-electron chi connectivity index (χ3n) is 2.12. The third-order valence-corrected chi connectivity index (χ3v) is 2.12. The van der Waals surface area contributed by atoms with Crippen LogP contribution in [-0.4, -0.2) is 61.9 Å². The maximum atomic E-state index is 10.6. The summed E-state index contributed by atoms with van der Waals surface area (Å²) in [7, 11) is 5.29. The first-order valence-corrected chi connectivity index (χ1v) is 6.44. The summed E-state index contributed by atoms with van der Waals surface area (Å²) in [6.45, 7) is 3.29. The maximum Gasteiger partial charge on any atom is 0.300 e. The lowest BCUT2D eigenvalue weighted by molar-refractivity contribution is -0.134. The van der Waals surface area contributed by atoms with Gasteiger partial charge in [0.2, 0.25) is 5.91 Å². The van der Waals surface area contributed by atoms with E-state index in [2.05, 4.69) is 11.1 Å². The average Bonchev–Trinajstić information content (AvgIpc) is 2.34. The van der Waals surface area contributed by atoms with E-state index < -0.39 is 5.97 Å². The number of likely N-dealkylation sites (N-methyl/N-ethyl adjacent to an activating group) is 1. The number of amides is 1. The van der Waals surface area contributed by atoms with Gasteiger partial charge in [0.15, 0.2) is 0 Å². The summed E-state index contributed by atoms with van der Waals surface area (Å²) >= 11 is 0. The zero-order valence-electron chi connectivity index (χ0n) is 13.2. The fraction of sp³-hybridized carbons (Fsp3) is 0.769. The number of nitrogens with zero attached hydrogens (tertiary/aromatic N) is 1. The predicted octanol–water partition coefficient (Wildman–Crippen LogP) is 0.0877. The Balaban J connectivity index is -0.000000410. The lowest BCUT2D eigenvalue weighted by Crippen LogP contribution is -2.29. The first kappa shape index (κ1) is 23.6. The first-order chi connectivity index (χ1) is 9.31. The van der Waals surface area contributed by atoms with Crippen LogP contribution >= 0.6 is 0 Å². The highest BCUT2D eigenvalue weighted by molar-refractivity contribution is 5.72. The van der Waals surface area contributed by atoms with Gasteiger partial charge in [-0.15, -0.1) is 0 Å². The van der Waals surface area contributed by atoms with Gasteiger partial charge in [-0.25, -0.2) is 0 Å². The Morgan fingerprint density at radius 3 is 2.00 bits per heavy atom. The molecular formula is C13H29N3O4. The van der Waals surface area contributed by atoms with Crippen LogP contribution in [0.25, 0.3) is 0 Å². The number of hydrogen-bond donors (Lipinski definition) is 3. The summed E-state index contributed by atoms with van der Waals surface area (Å²) in [5.74, 6) is -0.829. The molecule has 0 aliphatic heterocycles. The highest BCUT2D eigenvalue weighted by Gasteiger charge is 2.08. The Bertz CT molecular complexity index is 254. The molecule has 0 aromatic carbocycles. The molecule has 0 aromatic rings. The Morgan fingerprint density at radius 2 is 1.70 bits per heavy atom. The number of nitrogens with two attached hydrogens (primary N) is 1. The van der Waals surface area contributed by atoms with Crippen molar-refractivity contribution in [1.29, 1.82) is 0 Å². The van der Waals surface area contributed by atoms with Gasteiger partial charge in [-0.3, -0.25) is 9.59 Å². The molecule has 0 aromatic heterocycles. The third kappa shape index (κ3) is 25.4. The minimum Gasteiger partial charge on any atom is -0.481 e. The van der Waals surface area contributed by atoms with Crippen molar-refractivity contribution in [2.75, 3.05) is 27.7 Å². The van der Waals surface area contributed by atoms with Crippen molar-refractivity contribution >= 4 is 18.2 Å². The van der Waals surface area contributed by atoms with Crippen LogP contribution in [0.2, 0.25) is 0 Å². The number of carboxylic acids is 1. The highest BCUT2D eigenvalue weighted by Crippen LogP contribution is 2.02. The number of unbranched alkanes of at least 4 members (excludes halogenated alkanes) is 1. The highest BCUT2D eigenvalue weighted by atomic mass is 16.4. The number of nitrogens with one attached hydrogen (secondary N) is 1. The van der Waals surface area contributed by atoms with Crippen LogP contribution in [0.1, 0.15) is 33.1 Å². The van der Waals surface area contributed by atoms with E-state index in [0.29, 0.717) is 6.54 Å². The summed E-state index contributed by atoms with van der Waals surface area (Å²) in [4.78, 5) is 32.0. The zero-order chi connectivity index (χ0) is 16.6. The lowest BCUT2D eigenvalue weighted by atomic mass is 10.1. The fourth-order valence-corrected chi connectivity index (χ4v) is 1.19. The van der Waals surface area contributed by atoms with E-state index in [0.717, 1.165) is 32.5 Å². The van der Waals surface area contributed by atoms with Crippen molar-refractivity contribution in [2.45, 2.75) is 39.2 Å². The minimum atomic E-state index is -0.833. The van der Waals surface area contributed by atoms with Gasteiger partial charge < -0.3 is 25.9 Å². The molecule has 1 unspecified atom stereocenters. The molecule has 1 atom stereocenters. The second-order valence-corrected chi connectivity index (χ2v) is 4.16. The van der Waals surface area contributed by atoms with Crippen LogP contribution in [0.4, 0.5) is 0 Å². The second kappa shape index (κ2) is 17.5. The molecule has 0 radical (unpaired) electrons. The van der Waals surface area contributed by atoms with E-state index >= 15 is 0 Å². The molecular weight excluding hydrogens is 266 g/mol. The topological polar surface area (TPSA) is 113 Å². The Morgan fingerprint density at radius 1 is 1.25 bits per heavy atom. The van der Waals surface area contributed by atoms with E-state index in [-0.39, 0.29) is 11.9 Å². The SMILES string of the molecule is CN(C)C(C=O)CCCCNC([13CH3])=O.[13CH3]C(=O)O.[13CH3][15NH2]. The molecule has 0 bridgehead atoms. The van der Waals surface area contributed by atoms with Crippen LogP contribution in [0.3, 0.4) is 0 Å². The Labute approximate surface area is 121 Å². The Hall–Kier alpha value is -1.47. The zero-order valence-corrected chi connectivity index (χ0v) is 13.2. The molecule has 0 saturated heterocycles. The van der Waals surface area contributed by atoms with E-state index in [1.54, 1.807) is 0 Å². The molecule has 1 amide bonds. The monoisotopic (exact) mass is 295 g/mol. The van der Waals surface area contributed by atoms with Crippen molar-refractivity contribution in [2.24, 2.45) is 5.73 Å². The minimum absolute atomic E-state index is 0.00421. The Kier molecular flexibility index (Phi) is 20.7. The number of carboxylic acid groups (broad SMARTS) is 1. The molecule has 4 N–H and O–H groups in total. The van der Waals surface area contributed by atoms with Gasteiger partial charge in [0, 0.05) is 20.4 Å². The number of hydrogen-bond acceptors (Lipinski definition) is 5. The van der Waals surface area contributed by atoms with Gasteiger partial charge >= 0.3 is 0 Å². The number of carbonyl (C=O) groups is 3. The van der Waals surface area contributed by atoms with E-state index in [9.17, 15) is 9.59 Å². The fourth-order valence-electron chi connectivity index (χ4n) is 1.19. The quantitative estimate of drug-likeness (QED) is 0.265. The van der Waals surface area contributed by atoms with Gasteiger partial charge in [-0.2, -0.15) is 0 Å². The molecule has 0 aliphatic rings. The van der Waals surface area contributed by atoms with E-state index in [1.807, 2.05) is 19.0 Å². The largest absolute Gasteiger partial charge is 0.481 e. The van der Waals surface area contributed by atoms with Crippen molar-refractivity contribution in [3.05, 3.63) is 0 Å². The van der Waals surface area contributed by atoms with Crippen LogP contribution in [-0.2, 0) is 14.4 Å². The molecule has 120 valence electrons. The standard InChI is InChI=1S/C10H20N2O2.C2H4O2.CH5N/c1-9(14)11-7-5-4-6-10(8-13)12(2)3;1-2(3)4;1-2/h8,10H,4-7H2,1-3H3,(H,11,14);1H3,(H,3,4);2H2,1H3/i2*1+1;1+1,2+1. The summed E-state index contributed by atoms with van der Waals surface area (Å²) in [5, 5.41) is 10.1. The van der Waals surface area contributed by atoms with Crippen molar-refractivity contribution in [3.8, 4) is 0 Å². The van der Waals surface area contributed by atoms with Gasteiger partial charge in [0.05, 0.1) is 6.04 Å². The van der Waals surface area contributed by atoms with Crippen LogP contribution < -0.4 is 11.1 Å². The molecule has 0 spiro atoms. The van der Waals surface area contributed by atoms with Crippen molar-refractivity contribution in [3.63, 3.8) is 0 Å². The van der Waals surface area contributed by atoms with Crippen LogP contribution in [0.5, 0.6) is 0 Å². The number of carbonyl (C=O) groups excluding carboxylic acids is 2. The van der Waals surface area contributed by atoms with Crippen LogP contribution in [0, 0.1) is 0 Å².